The summed E-state index contributed by atoms with van der Waals surface area (Å²) in [6, 6.07) is 14.2. The first-order chi connectivity index (χ1) is 33.5. The number of nitrogens with zero attached hydrogens (tertiary/aromatic N) is 6. The molecule has 4 aliphatic heterocycles. The third-order valence-electron chi connectivity index (χ3n) is 13.9. The number of furan rings is 2. The van der Waals surface area contributed by atoms with Gasteiger partial charge in [-0.3, -0.25) is 9.59 Å². The highest BCUT2D eigenvalue weighted by atomic mass is 28.4. The van der Waals surface area contributed by atoms with Gasteiger partial charge in [0.1, 0.15) is 22.5 Å². The lowest BCUT2D eigenvalue weighted by molar-refractivity contribution is -0.130. The van der Waals surface area contributed by atoms with E-state index in [4.69, 9.17) is 39.2 Å². The van der Waals surface area contributed by atoms with Crippen LogP contribution in [0.2, 0.25) is 18.1 Å². The van der Waals surface area contributed by atoms with Gasteiger partial charge in [0.15, 0.2) is 42.3 Å². The SMILES string of the molecule is CC1(C)Oc2ccc(Nc3nc(N4CCCC(N)C(O)C4)c4occc4n3)cc2NC1=O.CC1(C)Oc2ccc(Nc3nc(N4CCCC(N)C(O[Si](C)(C)C(C)(C)C)C4)c4occc4n3)cc2NC1=O. The molecular weight excluding hydrogens is 925 g/mol. The van der Waals surface area contributed by atoms with Crippen LogP contribution in [0.25, 0.3) is 22.2 Å². The zero-order valence-electron chi connectivity index (χ0n) is 41.9. The van der Waals surface area contributed by atoms with Gasteiger partial charge >= 0.3 is 0 Å². The number of β-amino-alcohol motifs (C(OH)–C–C–N with tert-alkyl or cyclic N) is 1. The molecule has 6 aromatic rings. The molecule has 10 rings (SSSR count). The standard InChI is InChI=1S/C28H40N6O4Si.C22H26N6O4/c1-27(2,3)39(6,7)38-22-16-34(13-8-9-18(22)29)24-23-19(12-14-36-23)32-26(33-24)30-17-10-11-21-20(15-17)31-25(35)28(4,5)37-21;1-22(2)20(30)25-15-10-12(5-6-17(15)32-22)24-21-26-14-7-9-31-18(14)19(27-21)28-8-3-4-13(23)16(29)11-28/h10-12,14-15,18,22H,8-9,13,16,29H2,1-7H3,(H,31,35)(H,30,32,33);5-7,9-10,13,16,29H,3-4,8,11,23H2,1-2H3,(H,25,30)(H,24,26,27). The highest BCUT2D eigenvalue weighted by molar-refractivity contribution is 6.74. The van der Waals surface area contributed by atoms with Crippen LogP contribution in [0.15, 0.2) is 69.9 Å². The number of fused-ring (bicyclic) bond motifs is 4. The molecule has 8 heterocycles. The number of ether oxygens (including phenoxy) is 2. The molecule has 4 unspecified atom stereocenters. The highest BCUT2D eigenvalue weighted by Gasteiger charge is 2.42. The molecule has 21 heteroatoms. The van der Waals surface area contributed by atoms with E-state index in [1.165, 1.54) is 0 Å². The number of carbonyl (C=O) groups excluding carboxylic acids is 2. The summed E-state index contributed by atoms with van der Waals surface area (Å²) in [5.41, 5.74) is 16.0. The second kappa shape index (κ2) is 18.9. The lowest BCUT2D eigenvalue weighted by Gasteiger charge is -2.41. The maximum atomic E-state index is 12.4. The number of nitrogens with two attached hydrogens (primary N) is 2. The quantitative estimate of drug-likeness (QED) is 0.0718. The minimum Gasteiger partial charge on any atom is -0.476 e. The van der Waals surface area contributed by atoms with Crippen molar-refractivity contribution in [1.29, 1.82) is 0 Å². The number of hydrogen-bond acceptors (Lipinski definition) is 18. The monoisotopic (exact) mass is 990 g/mol. The predicted octanol–water partition coefficient (Wildman–Crippen LogP) is 7.76. The second-order valence-electron chi connectivity index (χ2n) is 21.3. The Bertz CT molecular complexity index is 2950. The minimum absolute atomic E-state index is 0.0476. The number of aromatic nitrogens is 4. The van der Waals surface area contributed by atoms with Crippen molar-refractivity contribution >= 4 is 88.6 Å². The minimum atomic E-state index is -2.03. The van der Waals surface area contributed by atoms with Crippen LogP contribution in [-0.2, 0) is 14.0 Å². The van der Waals surface area contributed by atoms with Crippen molar-refractivity contribution in [3.05, 3.63) is 61.1 Å². The normalized spacial score (nSPS) is 22.1. The number of aliphatic hydroxyl groups excluding tert-OH is 1. The number of rotatable bonds is 8. The Hall–Kier alpha value is -6.52. The molecule has 2 saturated heterocycles. The Kier molecular flexibility index (Phi) is 13.2. The number of amides is 2. The lowest BCUT2D eigenvalue weighted by Crippen LogP contribution is -2.52. The molecule has 0 bridgehead atoms. The molecule has 2 amide bonds. The van der Waals surface area contributed by atoms with E-state index in [2.05, 4.69) is 75.0 Å². The van der Waals surface area contributed by atoms with Crippen LogP contribution >= 0.6 is 0 Å². The Balaban J connectivity index is 0.000000179. The lowest BCUT2D eigenvalue weighted by atomic mass is 10.1. The third-order valence-corrected chi connectivity index (χ3v) is 18.4. The average molecular weight is 991 g/mol. The van der Waals surface area contributed by atoms with Gasteiger partial charge in [0.2, 0.25) is 11.9 Å². The van der Waals surface area contributed by atoms with Crippen LogP contribution in [0, 0.1) is 0 Å². The van der Waals surface area contributed by atoms with Gasteiger partial charge in [-0.25, -0.2) is 9.97 Å². The van der Waals surface area contributed by atoms with E-state index in [-0.39, 0.29) is 35.0 Å². The van der Waals surface area contributed by atoms with E-state index in [0.29, 0.717) is 93.9 Å². The van der Waals surface area contributed by atoms with E-state index < -0.39 is 25.6 Å². The van der Waals surface area contributed by atoms with Crippen LogP contribution in [0.1, 0.15) is 74.1 Å². The number of hydrogen-bond donors (Lipinski definition) is 7. The Morgan fingerprint density at radius 3 is 1.66 bits per heavy atom. The van der Waals surface area contributed by atoms with Crippen molar-refractivity contribution in [2.45, 2.75) is 128 Å². The zero-order valence-corrected chi connectivity index (χ0v) is 42.9. The van der Waals surface area contributed by atoms with Crippen molar-refractivity contribution in [2.75, 3.05) is 57.2 Å². The maximum Gasteiger partial charge on any atom is 0.268 e. The summed E-state index contributed by atoms with van der Waals surface area (Å²) in [6.45, 7) is 20.7. The van der Waals surface area contributed by atoms with E-state index in [0.717, 1.165) is 37.9 Å². The molecule has 0 aliphatic carbocycles. The average Bonchev–Trinajstić information content (AvgIpc) is 3.90. The molecule has 378 valence electrons. The molecule has 0 spiro atoms. The molecule has 20 nitrogen and oxygen atoms in total. The molecule has 2 aromatic carbocycles. The summed E-state index contributed by atoms with van der Waals surface area (Å²) in [5.74, 6) is 2.93. The van der Waals surface area contributed by atoms with Gasteiger partial charge in [-0.1, -0.05) is 20.8 Å². The van der Waals surface area contributed by atoms with Gasteiger partial charge < -0.3 is 70.4 Å². The van der Waals surface area contributed by atoms with Gasteiger partial charge in [-0.2, -0.15) is 9.97 Å². The second-order valence-corrected chi connectivity index (χ2v) is 26.1. The molecule has 4 aliphatic rings. The van der Waals surface area contributed by atoms with E-state index >= 15 is 0 Å². The summed E-state index contributed by atoms with van der Waals surface area (Å²) in [5, 5.41) is 22.8. The summed E-state index contributed by atoms with van der Waals surface area (Å²) in [6.07, 6.45) is 5.83. The molecule has 4 aromatic heterocycles. The summed E-state index contributed by atoms with van der Waals surface area (Å²) < 4.78 is 30.0. The number of aliphatic hydroxyl groups is 1. The number of carbonyl (C=O) groups is 2. The Morgan fingerprint density at radius 1 is 0.718 bits per heavy atom. The molecular formula is C50H66N12O8Si. The van der Waals surface area contributed by atoms with Crippen molar-refractivity contribution < 1.29 is 37.4 Å². The van der Waals surface area contributed by atoms with Crippen molar-refractivity contribution in [1.82, 2.24) is 19.9 Å². The first-order valence-corrected chi connectivity index (χ1v) is 27.1. The van der Waals surface area contributed by atoms with Crippen LogP contribution in [0.4, 0.5) is 46.3 Å². The van der Waals surface area contributed by atoms with Gasteiger partial charge in [-0.05, 0) is 108 Å². The smallest absolute Gasteiger partial charge is 0.268 e. The zero-order chi connectivity index (χ0) is 50.6. The van der Waals surface area contributed by atoms with E-state index in [1.807, 2.05) is 35.2 Å². The van der Waals surface area contributed by atoms with Crippen molar-refractivity contribution in [3.8, 4) is 11.5 Å². The molecule has 71 heavy (non-hydrogen) atoms. The Morgan fingerprint density at radius 2 is 1.18 bits per heavy atom. The topological polar surface area (TPSA) is 267 Å². The molecule has 9 N–H and O–H groups in total. The molecule has 0 radical (unpaired) electrons. The molecule has 0 saturated carbocycles. The maximum absolute atomic E-state index is 12.4. The fraction of sp³-hybridized carbons (Fsp3) is 0.480. The van der Waals surface area contributed by atoms with Crippen molar-refractivity contribution in [2.24, 2.45) is 11.5 Å². The van der Waals surface area contributed by atoms with Crippen LogP contribution in [0.3, 0.4) is 0 Å². The van der Waals surface area contributed by atoms with Gasteiger partial charge in [-0.15, -0.1) is 0 Å². The highest BCUT2D eigenvalue weighted by Crippen LogP contribution is 2.41. The first kappa shape index (κ1) is 49.5. The van der Waals surface area contributed by atoms with Crippen LogP contribution in [0.5, 0.6) is 11.5 Å². The summed E-state index contributed by atoms with van der Waals surface area (Å²) >= 11 is 0. The third kappa shape index (κ3) is 10.5. The van der Waals surface area contributed by atoms with Crippen molar-refractivity contribution in [3.63, 3.8) is 0 Å². The largest absolute Gasteiger partial charge is 0.476 e. The fourth-order valence-corrected chi connectivity index (χ4v) is 10.0. The van der Waals surface area contributed by atoms with E-state index in [1.54, 1.807) is 58.4 Å². The number of anilines is 8. The Labute approximate surface area is 413 Å². The van der Waals surface area contributed by atoms with Gasteiger partial charge in [0.05, 0.1) is 36.1 Å². The summed E-state index contributed by atoms with van der Waals surface area (Å²) in [4.78, 5) is 47.6. The fourth-order valence-electron chi connectivity index (χ4n) is 8.65. The predicted molar refractivity (Wildman–Crippen MR) is 277 cm³/mol. The van der Waals surface area contributed by atoms with Gasteiger partial charge in [0.25, 0.3) is 11.8 Å². The molecule has 4 atom stereocenters. The number of benzene rings is 2. The van der Waals surface area contributed by atoms with Gasteiger partial charge in [0, 0.05) is 61.8 Å². The van der Waals surface area contributed by atoms with Crippen LogP contribution in [-0.4, -0.2) is 107 Å². The van der Waals surface area contributed by atoms with Crippen LogP contribution < -0.4 is 52.0 Å². The van der Waals surface area contributed by atoms with E-state index in [9.17, 15) is 14.7 Å². The summed E-state index contributed by atoms with van der Waals surface area (Å²) in [7, 11) is -2.03. The number of nitrogens with one attached hydrogen (secondary N) is 4. The molecule has 2 fully saturated rings. The first-order valence-electron chi connectivity index (χ1n) is 24.2.